The second-order valence-corrected chi connectivity index (χ2v) is 8.22. The van der Waals surface area contributed by atoms with Crippen molar-refractivity contribution in [3.63, 3.8) is 0 Å². The van der Waals surface area contributed by atoms with Gasteiger partial charge in [-0.3, -0.25) is 0 Å². The first kappa shape index (κ1) is 14.5. The minimum Gasteiger partial charge on any atom is -0.325 e. The maximum Gasteiger partial charge on any atom is 0.322 e. The van der Waals surface area contributed by atoms with Crippen LogP contribution >= 0.6 is 6.72 Å². The van der Waals surface area contributed by atoms with E-state index in [9.17, 15) is 8.42 Å². The Kier molecular flexibility index (Phi) is 5.18. The topological polar surface area (TPSA) is 83.8 Å². The zero-order chi connectivity index (χ0) is 11.6. The molecule has 0 amide bonds. The normalized spacial score (nSPS) is 17.8. The molecule has 2 atom stereocenters. The summed E-state index contributed by atoms with van der Waals surface area (Å²) < 4.78 is 27.4. The van der Waals surface area contributed by atoms with Crippen molar-refractivity contribution in [2.24, 2.45) is 0 Å². The van der Waals surface area contributed by atoms with Crippen molar-refractivity contribution in [1.82, 2.24) is 0 Å². The predicted octanol–water partition coefficient (Wildman–Crippen LogP) is 0.424. The van der Waals surface area contributed by atoms with Gasteiger partial charge in [-0.15, -0.1) is 0 Å². The van der Waals surface area contributed by atoms with Gasteiger partial charge in [0.2, 0.25) is 0 Å². The van der Waals surface area contributed by atoms with Crippen molar-refractivity contribution >= 4 is 28.4 Å². The molecule has 0 spiro atoms. The molecular weight excluding hydrogens is 247 g/mol. The van der Waals surface area contributed by atoms with E-state index in [2.05, 4.69) is 16.3 Å². The molecule has 0 heterocycles. The Morgan fingerprint density at radius 2 is 1.86 bits per heavy atom. The monoisotopic (exact) mass is 262 g/mol. The quantitative estimate of drug-likeness (QED) is 0.699. The highest BCUT2D eigenvalue weighted by Gasteiger charge is 2.28. The summed E-state index contributed by atoms with van der Waals surface area (Å²) in [7, 11) is -3.25. The molecule has 5 nitrogen and oxygen atoms in total. The van der Waals surface area contributed by atoms with E-state index in [-0.39, 0.29) is 5.75 Å². The van der Waals surface area contributed by atoms with Crippen LogP contribution in [0.2, 0.25) is 0 Å². The van der Waals surface area contributed by atoms with Crippen LogP contribution in [0.3, 0.4) is 0 Å². The number of sulfone groups is 1. The molecule has 0 aliphatic carbocycles. The molecule has 0 aromatic heterocycles. The van der Waals surface area contributed by atoms with E-state index >= 15 is 0 Å². The summed E-state index contributed by atoms with van der Waals surface area (Å²) in [6, 6.07) is 0. The fraction of sp³-hybridized carbons (Fsp3) is 1.00. The van der Waals surface area contributed by atoms with Crippen molar-refractivity contribution < 1.29 is 22.7 Å². The van der Waals surface area contributed by atoms with Gasteiger partial charge in [0.15, 0.2) is 9.84 Å². The molecule has 0 aliphatic rings. The SMILES string of the molecule is CCS(=O)(=O)C(C)C(C)OP(O)(O)=S. The van der Waals surface area contributed by atoms with Crippen LogP contribution in [-0.2, 0) is 26.2 Å². The summed E-state index contributed by atoms with van der Waals surface area (Å²) >= 11 is 4.24. The Bertz CT molecular complexity index is 319. The van der Waals surface area contributed by atoms with E-state index in [0.29, 0.717) is 0 Å². The molecule has 0 saturated heterocycles. The molecule has 14 heavy (non-hydrogen) atoms. The minimum absolute atomic E-state index is 0.0123. The van der Waals surface area contributed by atoms with Crippen LogP contribution in [-0.4, -0.2) is 35.3 Å². The van der Waals surface area contributed by atoms with E-state index in [4.69, 9.17) is 9.79 Å². The second kappa shape index (κ2) is 5.01. The van der Waals surface area contributed by atoms with Crippen LogP contribution in [0.5, 0.6) is 0 Å². The van der Waals surface area contributed by atoms with E-state index < -0.39 is 27.9 Å². The molecule has 0 aromatic rings. The van der Waals surface area contributed by atoms with Gasteiger partial charge in [-0.25, -0.2) is 8.42 Å². The lowest BCUT2D eigenvalue weighted by Gasteiger charge is -2.21. The Morgan fingerprint density at radius 1 is 1.43 bits per heavy atom. The van der Waals surface area contributed by atoms with Crippen molar-refractivity contribution in [2.75, 3.05) is 5.75 Å². The highest BCUT2D eigenvalue weighted by Crippen LogP contribution is 2.39. The molecule has 2 N–H and O–H groups in total. The Morgan fingerprint density at radius 3 is 2.14 bits per heavy atom. The molecule has 2 unspecified atom stereocenters. The van der Waals surface area contributed by atoms with E-state index in [0.717, 1.165) is 0 Å². The summed E-state index contributed by atoms with van der Waals surface area (Å²) in [6.07, 6.45) is -0.819. The van der Waals surface area contributed by atoms with Crippen LogP contribution < -0.4 is 0 Å². The van der Waals surface area contributed by atoms with Gasteiger partial charge in [0.25, 0.3) is 0 Å². The minimum atomic E-state index is -3.79. The standard InChI is InChI=1S/C6H15O5PS2/c1-4-14(9,10)6(3)5(2)11-12(7,8)13/h5-6H,4H2,1-3H3,(H2,7,8,13). The van der Waals surface area contributed by atoms with Gasteiger partial charge < -0.3 is 14.3 Å². The fourth-order valence-electron chi connectivity index (χ4n) is 0.857. The summed E-state index contributed by atoms with van der Waals surface area (Å²) in [5, 5.41) is -0.797. The van der Waals surface area contributed by atoms with Gasteiger partial charge >= 0.3 is 6.72 Å². The summed E-state index contributed by atoms with van der Waals surface area (Å²) in [5.74, 6) is -0.0123. The lowest BCUT2D eigenvalue weighted by Crippen LogP contribution is -2.31. The van der Waals surface area contributed by atoms with Crippen molar-refractivity contribution in [1.29, 1.82) is 0 Å². The predicted molar refractivity (Wildman–Crippen MR) is 58.2 cm³/mol. The lowest BCUT2D eigenvalue weighted by atomic mass is 10.3. The third-order valence-corrected chi connectivity index (χ3v) is 5.12. The first-order chi connectivity index (χ1) is 6.10. The molecule has 0 rings (SSSR count). The molecule has 0 fully saturated rings. The summed E-state index contributed by atoms with van der Waals surface area (Å²) in [5.41, 5.74) is 0. The first-order valence-corrected chi connectivity index (χ1v) is 8.39. The largest absolute Gasteiger partial charge is 0.325 e. The maximum absolute atomic E-state index is 11.4. The molecule has 86 valence electrons. The third-order valence-electron chi connectivity index (χ3n) is 1.93. The first-order valence-electron chi connectivity index (χ1n) is 4.05. The summed E-state index contributed by atoms with van der Waals surface area (Å²) in [6.45, 7) is 0.636. The van der Waals surface area contributed by atoms with Crippen molar-refractivity contribution in [3.05, 3.63) is 0 Å². The molecule has 0 saturated carbocycles. The van der Waals surface area contributed by atoms with Crippen molar-refractivity contribution in [2.45, 2.75) is 32.1 Å². The van der Waals surface area contributed by atoms with E-state index in [1.54, 1.807) is 0 Å². The van der Waals surface area contributed by atoms with Crippen molar-refractivity contribution in [3.8, 4) is 0 Å². The smallest absolute Gasteiger partial charge is 0.322 e. The van der Waals surface area contributed by atoms with E-state index in [1.165, 1.54) is 20.8 Å². The highest BCUT2D eigenvalue weighted by atomic mass is 32.5. The van der Waals surface area contributed by atoms with Crippen LogP contribution in [0.4, 0.5) is 0 Å². The highest BCUT2D eigenvalue weighted by molar-refractivity contribution is 8.06. The molecule has 0 bridgehead atoms. The number of hydrogen-bond donors (Lipinski definition) is 2. The lowest BCUT2D eigenvalue weighted by molar-refractivity contribution is 0.181. The van der Waals surface area contributed by atoms with Crippen LogP contribution in [0.1, 0.15) is 20.8 Å². The third kappa shape index (κ3) is 4.82. The maximum atomic E-state index is 11.4. The molecule has 0 radical (unpaired) electrons. The molecule has 0 aliphatic heterocycles. The van der Waals surface area contributed by atoms with Gasteiger partial charge in [-0.1, -0.05) is 6.92 Å². The Hall–Kier alpha value is 0.480. The van der Waals surface area contributed by atoms with Gasteiger partial charge in [0.05, 0.1) is 11.4 Å². The van der Waals surface area contributed by atoms with Gasteiger partial charge in [0, 0.05) is 5.75 Å². The second-order valence-electron chi connectivity index (χ2n) is 2.96. The Labute approximate surface area is 89.3 Å². The fourth-order valence-corrected chi connectivity index (χ4v) is 3.13. The zero-order valence-corrected chi connectivity index (χ0v) is 10.8. The van der Waals surface area contributed by atoms with E-state index in [1.807, 2.05) is 0 Å². The average Bonchev–Trinajstić information content (AvgIpc) is 2.00. The molecule has 8 heteroatoms. The van der Waals surface area contributed by atoms with Gasteiger partial charge in [0.1, 0.15) is 0 Å². The van der Waals surface area contributed by atoms with Gasteiger partial charge in [-0.2, -0.15) is 0 Å². The average molecular weight is 262 g/mol. The van der Waals surface area contributed by atoms with Crippen LogP contribution in [0, 0.1) is 0 Å². The zero-order valence-electron chi connectivity index (χ0n) is 8.24. The summed E-state index contributed by atoms with van der Waals surface area (Å²) in [4.78, 5) is 17.7. The number of hydrogen-bond acceptors (Lipinski definition) is 4. The molecule has 0 aromatic carbocycles. The van der Waals surface area contributed by atoms with Gasteiger partial charge in [-0.05, 0) is 25.7 Å². The number of rotatable bonds is 5. The van der Waals surface area contributed by atoms with Crippen LogP contribution in [0.15, 0.2) is 0 Å². The Balaban J connectivity index is 4.57. The molecular formula is C6H15O5PS2. The van der Waals surface area contributed by atoms with Crippen LogP contribution in [0.25, 0.3) is 0 Å².